The van der Waals surface area contributed by atoms with Gasteiger partial charge in [0.15, 0.2) is 0 Å². The number of benzene rings is 1. The second-order valence-electron chi connectivity index (χ2n) is 4.08. The van der Waals surface area contributed by atoms with Crippen molar-refractivity contribution in [3.05, 3.63) is 24.4 Å². The number of aromatic amines is 1. The van der Waals surface area contributed by atoms with Gasteiger partial charge in [-0.1, -0.05) is 13.0 Å². The van der Waals surface area contributed by atoms with Gasteiger partial charge in [0.1, 0.15) is 0 Å². The maximum absolute atomic E-state index is 5.11. The maximum atomic E-state index is 5.11. The molecule has 1 aromatic carbocycles. The average Bonchev–Trinajstić information content (AvgIpc) is 2.75. The summed E-state index contributed by atoms with van der Waals surface area (Å²) in [5.74, 6) is 0.493. The Morgan fingerprint density at radius 1 is 1.50 bits per heavy atom. The topological polar surface area (TPSA) is 49.9 Å². The van der Waals surface area contributed by atoms with E-state index in [2.05, 4.69) is 28.5 Å². The van der Waals surface area contributed by atoms with Crippen molar-refractivity contribution < 1.29 is 4.74 Å². The molecule has 1 unspecified atom stereocenters. The molecular weight excluding hydrogens is 202 g/mol. The van der Waals surface area contributed by atoms with Gasteiger partial charge in [0.25, 0.3) is 0 Å². The lowest BCUT2D eigenvalue weighted by molar-refractivity contribution is 0.164. The lowest BCUT2D eigenvalue weighted by Crippen LogP contribution is -2.15. The number of ether oxygens (including phenoxy) is 1. The first kappa shape index (κ1) is 11.0. The molecule has 2 N–H and O–H groups in total. The van der Waals surface area contributed by atoms with Crippen LogP contribution in [0.3, 0.4) is 0 Å². The summed E-state index contributed by atoms with van der Waals surface area (Å²) in [7, 11) is 1.73. The first-order valence-electron chi connectivity index (χ1n) is 5.46. The van der Waals surface area contributed by atoms with Gasteiger partial charge >= 0.3 is 0 Å². The van der Waals surface area contributed by atoms with Crippen molar-refractivity contribution in [2.75, 3.05) is 25.6 Å². The Morgan fingerprint density at radius 2 is 2.38 bits per heavy atom. The van der Waals surface area contributed by atoms with Gasteiger partial charge in [0.2, 0.25) is 0 Å². The molecule has 1 aromatic heterocycles. The quantitative estimate of drug-likeness (QED) is 0.811. The molecule has 4 nitrogen and oxygen atoms in total. The number of nitrogens with one attached hydrogen (secondary N) is 2. The van der Waals surface area contributed by atoms with Crippen molar-refractivity contribution in [1.29, 1.82) is 0 Å². The second kappa shape index (κ2) is 4.99. The highest BCUT2D eigenvalue weighted by Crippen LogP contribution is 2.21. The molecule has 0 saturated heterocycles. The number of fused-ring (bicyclic) bond motifs is 1. The number of H-pyrrole nitrogens is 1. The molecule has 2 rings (SSSR count). The fourth-order valence-corrected chi connectivity index (χ4v) is 1.75. The zero-order valence-corrected chi connectivity index (χ0v) is 9.66. The van der Waals surface area contributed by atoms with Crippen molar-refractivity contribution in [2.24, 2.45) is 5.92 Å². The minimum absolute atomic E-state index is 0.493. The largest absolute Gasteiger partial charge is 0.384 e. The van der Waals surface area contributed by atoms with Crippen LogP contribution < -0.4 is 5.32 Å². The minimum Gasteiger partial charge on any atom is -0.384 e. The van der Waals surface area contributed by atoms with E-state index in [1.54, 1.807) is 7.11 Å². The van der Waals surface area contributed by atoms with Gasteiger partial charge in [0.05, 0.1) is 18.3 Å². The molecule has 0 aliphatic heterocycles. The zero-order valence-electron chi connectivity index (χ0n) is 9.66. The second-order valence-corrected chi connectivity index (χ2v) is 4.08. The van der Waals surface area contributed by atoms with Gasteiger partial charge in [0, 0.05) is 24.7 Å². The van der Waals surface area contributed by atoms with Gasteiger partial charge in [-0.15, -0.1) is 0 Å². The van der Waals surface area contributed by atoms with Crippen LogP contribution in [0.1, 0.15) is 6.92 Å². The molecule has 0 saturated carbocycles. The molecule has 4 heteroatoms. The van der Waals surface area contributed by atoms with E-state index in [1.165, 1.54) is 0 Å². The lowest BCUT2D eigenvalue weighted by atomic mass is 10.1. The summed E-state index contributed by atoms with van der Waals surface area (Å²) < 4.78 is 5.11. The maximum Gasteiger partial charge on any atom is 0.0671 e. The SMILES string of the molecule is COCC(C)CNc1cccc2[nH]ncc12. The van der Waals surface area contributed by atoms with E-state index in [1.807, 2.05) is 18.3 Å². The van der Waals surface area contributed by atoms with Crippen molar-refractivity contribution >= 4 is 16.6 Å². The Hall–Kier alpha value is -1.55. The van der Waals surface area contributed by atoms with Gasteiger partial charge in [-0.2, -0.15) is 5.10 Å². The molecule has 0 bridgehead atoms. The molecule has 1 heterocycles. The number of aromatic nitrogens is 2. The third kappa shape index (κ3) is 2.33. The summed E-state index contributed by atoms with van der Waals surface area (Å²) in [6.07, 6.45) is 1.85. The zero-order chi connectivity index (χ0) is 11.4. The standard InChI is InChI=1S/C12H17N3O/c1-9(8-16-2)6-13-11-4-3-5-12-10(11)7-14-15-12/h3-5,7,9,13H,6,8H2,1-2H3,(H,14,15). The highest BCUT2D eigenvalue weighted by Gasteiger charge is 2.04. The van der Waals surface area contributed by atoms with Crippen LogP contribution in [0.25, 0.3) is 10.9 Å². The van der Waals surface area contributed by atoms with E-state index < -0.39 is 0 Å². The highest BCUT2D eigenvalue weighted by molar-refractivity contribution is 5.90. The first-order chi connectivity index (χ1) is 7.81. The van der Waals surface area contributed by atoms with Crippen molar-refractivity contribution in [3.63, 3.8) is 0 Å². The van der Waals surface area contributed by atoms with E-state index in [0.717, 1.165) is 29.7 Å². The number of rotatable bonds is 5. The van der Waals surface area contributed by atoms with Crippen molar-refractivity contribution in [3.8, 4) is 0 Å². The summed E-state index contributed by atoms with van der Waals surface area (Å²) in [6, 6.07) is 6.10. The Kier molecular flexibility index (Phi) is 3.41. The number of hydrogen-bond acceptors (Lipinski definition) is 3. The predicted molar refractivity (Wildman–Crippen MR) is 65.6 cm³/mol. The fraction of sp³-hybridized carbons (Fsp3) is 0.417. The molecule has 0 radical (unpaired) electrons. The van der Waals surface area contributed by atoms with E-state index in [9.17, 15) is 0 Å². The predicted octanol–water partition coefficient (Wildman–Crippen LogP) is 2.26. The number of hydrogen-bond donors (Lipinski definition) is 2. The smallest absolute Gasteiger partial charge is 0.0671 e. The Bertz CT molecular complexity index is 452. The van der Waals surface area contributed by atoms with E-state index in [4.69, 9.17) is 4.74 Å². The molecule has 0 fully saturated rings. The van der Waals surface area contributed by atoms with Crippen molar-refractivity contribution in [1.82, 2.24) is 10.2 Å². The average molecular weight is 219 g/mol. The summed E-state index contributed by atoms with van der Waals surface area (Å²) in [5, 5.41) is 11.5. The normalized spacial score (nSPS) is 12.9. The minimum atomic E-state index is 0.493. The molecular formula is C12H17N3O. The van der Waals surface area contributed by atoms with Gasteiger partial charge in [-0.3, -0.25) is 5.10 Å². The summed E-state index contributed by atoms with van der Waals surface area (Å²) in [6.45, 7) is 3.83. The molecule has 16 heavy (non-hydrogen) atoms. The van der Waals surface area contributed by atoms with Crippen LogP contribution in [0.15, 0.2) is 24.4 Å². The first-order valence-corrected chi connectivity index (χ1v) is 5.46. The van der Waals surface area contributed by atoms with Crippen LogP contribution in [0.2, 0.25) is 0 Å². The van der Waals surface area contributed by atoms with Crippen LogP contribution in [0.4, 0.5) is 5.69 Å². The molecule has 0 amide bonds. The van der Waals surface area contributed by atoms with Crippen LogP contribution in [-0.2, 0) is 4.74 Å². The van der Waals surface area contributed by atoms with Crippen LogP contribution >= 0.6 is 0 Å². The van der Waals surface area contributed by atoms with Crippen LogP contribution in [0, 0.1) is 5.92 Å². The van der Waals surface area contributed by atoms with Crippen LogP contribution in [-0.4, -0.2) is 30.5 Å². The monoisotopic (exact) mass is 219 g/mol. The lowest BCUT2D eigenvalue weighted by Gasteiger charge is -2.12. The number of methoxy groups -OCH3 is 1. The van der Waals surface area contributed by atoms with Gasteiger partial charge in [-0.25, -0.2) is 0 Å². The van der Waals surface area contributed by atoms with Gasteiger partial charge < -0.3 is 10.1 Å². The molecule has 0 aliphatic rings. The van der Waals surface area contributed by atoms with Crippen LogP contribution in [0.5, 0.6) is 0 Å². The highest BCUT2D eigenvalue weighted by atomic mass is 16.5. The third-order valence-electron chi connectivity index (χ3n) is 2.58. The fourth-order valence-electron chi connectivity index (χ4n) is 1.75. The molecule has 0 spiro atoms. The van der Waals surface area contributed by atoms with E-state index >= 15 is 0 Å². The third-order valence-corrected chi connectivity index (χ3v) is 2.58. The molecule has 2 aromatic rings. The Labute approximate surface area is 95.0 Å². The molecule has 86 valence electrons. The van der Waals surface area contributed by atoms with E-state index in [-0.39, 0.29) is 0 Å². The summed E-state index contributed by atoms with van der Waals surface area (Å²) >= 11 is 0. The number of nitrogens with zero attached hydrogens (tertiary/aromatic N) is 1. The molecule has 1 atom stereocenters. The summed E-state index contributed by atoms with van der Waals surface area (Å²) in [5.41, 5.74) is 2.18. The molecule has 0 aliphatic carbocycles. The Balaban J connectivity index is 2.06. The van der Waals surface area contributed by atoms with Crippen molar-refractivity contribution in [2.45, 2.75) is 6.92 Å². The van der Waals surface area contributed by atoms with Gasteiger partial charge in [-0.05, 0) is 18.1 Å². The van der Waals surface area contributed by atoms with E-state index in [0.29, 0.717) is 5.92 Å². The number of anilines is 1. The Morgan fingerprint density at radius 3 is 3.19 bits per heavy atom. The summed E-state index contributed by atoms with van der Waals surface area (Å²) in [4.78, 5) is 0.